The van der Waals surface area contributed by atoms with E-state index >= 15 is 0 Å². The summed E-state index contributed by atoms with van der Waals surface area (Å²) in [4.78, 5) is 33.7. The third kappa shape index (κ3) is 43.1. The van der Waals surface area contributed by atoms with Crippen LogP contribution in [0.2, 0.25) is 0 Å². The van der Waals surface area contributed by atoms with Gasteiger partial charge in [-0.05, 0) is 197 Å². The zero-order valence-corrected chi connectivity index (χ0v) is 63.1. The van der Waals surface area contributed by atoms with E-state index in [0.29, 0.717) is 0 Å². The molecule has 0 aliphatic carbocycles. The standard InChI is InChI=1S/2C11H11N.C10H10N2.4C7H9N.C5H8N2.8C2H6/c1-8-7-10-5-3-4-6-11(10)9(2)12-8;1-8-7-9(2)12-11-6-4-3-5-10(8)11;1-7-9-5-3-4-6-10(9)12-8(2)11-7;1-6-3-7(2)5-8-4-6;1-6-3-4-8-7(2)5-6;1-6-3-4-7(2)8-5-6;1-6-4-3-5-7(2)8-6;1-5-3-6-7(2)4-5;8*1-2/h2*3-7H,1-2H3;3-6H,1-2H3;4*3-5H,1-2H3;3-4H,1-2H3;8*1-2H3. The second kappa shape index (κ2) is 59.3. The molecule has 0 N–H and O–H groups in total. The lowest BCUT2D eigenvalue weighted by molar-refractivity contribution is 0.767. The number of rotatable bonds is 0. The van der Waals surface area contributed by atoms with E-state index in [0.717, 1.165) is 67.8 Å². The van der Waals surface area contributed by atoms with Crippen molar-refractivity contribution in [3.63, 3.8) is 0 Å². The van der Waals surface area contributed by atoms with Crippen LogP contribution in [0.15, 0.2) is 171 Å². The van der Waals surface area contributed by atoms with E-state index in [4.69, 9.17) is 0 Å². The molecule has 10 nitrogen and oxygen atoms in total. The first-order valence-electron chi connectivity index (χ1n) is 33.1. The molecule has 91 heavy (non-hydrogen) atoms. The first-order valence-corrected chi connectivity index (χ1v) is 33.1. The summed E-state index contributed by atoms with van der Waals surface area (Å²) in [5.41, 5.74) is 18.3. The van der Waals surface area contributed by atoms with E-state index in [2.05, 4.69) is 126 Å². The van der Waals surface area contributed by atoms with Crippen molar-refractivity contribution in [1.29, 1.82) is 0 Å². The van der Waals surface area contributed by atoms with E-state index < -0.39 is 0 Å². The van der Waals surface area contributed by atoms with Crippen LogP contribution in [0, 0.1) is 104 Å². The van der Waals surface area contributed by atoms with Gasteiger partial charge in [0, 0.05) is 99.7 Å². The Balaban J connectivity index is -0.000000302. The van der Waals surface area contributed by atoms with Crippen LogP contribution in [0.5, 0.6) is 0 Å². The van der Waals surface area contributed by atoms with Gasteiger partial charge in [0.15, 0.2) is 0 Å². The molecule has 0 bridgehead atoms. The molecule has 3 aromatic carbocycles. The highest BCUT2D eigenvalue weighted by Crippen LogP contribution is 2.18. The minimum atomic E-state index is 0.839. The van der Waals surface area contributed by atoms with Gasteiger partial charge < -0.3 is 0 Å². The molecular weight excluding hydrogens is 1110 g/mol. The number of nitrogens with zero attached hydrogens (tertiary/aromatic N) is 10. The Kier molecular flexibility index (Phi) is 59.5. The van der Waals surface area contributed by atoms with Crippen molar-refractivity contribution >= 4 is 32.6 Å². The average molecular weight is 1240 g/mol. The smallest absolute Gasteiger partial charge is 0.126 e. The van der Waals surface area contributed by atoms with E-state index in [9.17, 15) is 0 Å². The molecule has 0 unspecified atom stereocenters. The molecule has 0 saturated carbocycles. The Morgan fingerprint density at radius 1 is 0.297 bits per heavy atom. The van der Waals surface area contributed by atoms with Crippen LogP contribution in [0.1, 0.15) is 196 Å². The highest BCUT2D eigenvalue weighted by Gasteiger charge is 2.00. The quantitative estimate of drug-likeness (QED) is 0.146. The van der Waals surface area contributed by atoms with E-state index in [1.165, 1.54) is 49.5 Å². The van der Waals surface area contributed by atoms with Gasteiger partial charge in [-0.3, -0.25) is 34.6 Å². The molecule has 8 heterocycles. The summed E-state index contributed by atoms with van der Waals surface area (Å²) in [7, 11) is 1.91. The van der Waals surface area contributed by atoms with Gasteiger partial charge in [-0.25, -0.2) is 9.97 Å². The van der Waals surface area contributed by atoms with E-state index in [-0.39, 0.29) is 0 Å². The van der Waals surface area contributed by atoms with Gasteiger partial charge >= 0.3 is 0 Å². The molecule has 0 spiro atoms. The van der Waals surface area contributed by atoms with Crippen LogP contribution < -0.4 is 0 Å². The number of hydrogen-bond acceptors (Lipinski definition) is 9. The number of aromatic nitrogens is 10. The van der Waals surface area contributed by atoms with Crippen molar-refractivity contribution in [1.82, 2.24) is 49.7 Å². The number of benzene rings is 3. The fourth-order valence-corrected chi connectivity index (χ4v) is 7.59. The molecule has 0 radical (unpaired) electrons. The van der Waals surface area contributed by atoms with Gasteiger partial charge in [0.25, 0.3) is 0 Å². The first-order chi connectivity index (χ1) is 43.8. The molecule has 0 aliphatic heterocycles. The van der Waals surface area contributed by atoms with Crippen LogP contribution in [-0.2, 0) is 7.05 Å². The fourth-order valence-electron chi connectivity index (χ4n) is 7.59. The molecule has 498 valence electrons. The minimum absolute atomic E-state index is 0.839. The van der Waals surface area contributed by atoms with Crippen molar-refractivity contribution in [3.05, 3.63) is 255 Å². The summed E-state index contributed by atoms with van der Waals surface area (Å²) < 4.78 is 1.79. The van der Waals surface area contributed by atoms with E-state index in [1.54, 1.807) is 4.68 Å². The largest absolute Gasteiger partial charge is 0.276 e. The molecule has 0 saturated heterocycles. The van der Waals surface area contributed by atoms with Gasteiger partial charge in [0.1, 0.15) is 5.82 Å². The van der Waals surface area contributed by atoms with Crippen LogP contribution in [0.25, 0.3) is 32.6 Å². The SMILES string of the molecule is CC.CC.CC.CC.CC.CC.CC.CC.Cc1cc(C)c2ccccc2n1.Cc1cc2ccccc2c(C)n1.Cc1ccc(C)nc1.Cc1cccc(C)n1.Cc1ccnc(C)c1.Cc1cncc(C)c1.Cc1cnn(C)c1.Cc1nc(C)c2ccccc2n1. The lowest BCUT2D eigenvalue weighted by atomic mass is 10.1. The molecule has 10 heteroatoms. The van der Waals surface area contributed by atoms with Crippen LogP contribution >= 0.6 is 0 Å². The Morgan fingerprint density at radius 3 is 1.19 bits per heavy atom. The Bertz CT molecular complexity index is 3080. The number of aryl methyl sites for hydroxylation is 16. The Hall–Kier alpha value is -8.37. The zero-order chi connectivity index (χ0) is 70.9. The molecule has 0 aliphatic rings. The second-order valence-corrected chi connectivity index (χ2v) is 18.6. The summed E-state index contributed by atoms with van der Waals surface area (Å²) in [6.45, 7) is 62.3. The maximum Gasteiger partial charge on any atom is 0.126 e. The lowest BCUT2D eigenvalue weighted by Crippen LogP contribution is -1.92. The average Bonchev–Trinajstić information content (AvgIpc) is 1.89. The molecule has 11 aromatic rings. The molecule has 0 amide bonds. The van der Waals surface area contributed by atoms with Crippen LogP contribution in [0.3, 0.4) is 0 Å². The number of fused-ring (bicyclic) bond motifs is 3. The first kappa shape index (κ1) is 91.4. The fraction of sp³-hybridized carbons (Fsp3) is 0.395. The normalized spacial score (nSPS) is 8.66. The second-order valence-electron chi connectivity index (χ2n) is 18.6. The number of pyridine rings is 6. The van der Waals surface area contributed by atoms with Gasteiger partial charge in [-0.15, -0.1) is 0 Å². The molecule has 0 atom stereocenters. The third-order valence-corrected chi connectivity index (χ3v) is 11.0. The van der Waals surface area contributed by atoms with Crippen LogP contribution in [0.4, 0.5) is 0 Å². The summed E-state index contributed by atoms with van der Waals surface area (Å²) >= 11 is 0. The zero-order valence-electron chi connectivity index (χ0n) is 63.1. The minimum Gasteiger partial charge on any atom is -0.276 e. The topological polar surface area (TPSA) is 121 Å². The number of hydrogen-bond donors (Lipinski definition) is 0. The van der Waals surface area contributed by atoms with Crippen LogP contribution in [-0.4, -0.2) is 49.7 Å². The van der Waals surface area contributed by atoms with E-state index in [1.807, 2.05) is 311 Å². The van der Waals surface area contributed by atoms with Gasteiger partial charge in [-0.2, -0.15) is 5.10 Å². The van der Waals surface area contributed by atoms with Crippen molar-refractivity contribution < 1.29 is 0 Å². The highest BCUT2D eigenvalue weighted by molar-refractivity contribution is 5.85. The summed E-state index contributed by atoms with van der Waals surface area (Å²) in [5, 5.41) is 8.86. The summed E-state index contributed by atoms with van der Waals surface area (Å²) in [6.07, 6.45) is 11.2. The summed E-state index contributed by atoms with van der Waals surface area (Å²) in [5.74, 6) is 0.839. The van der Waals surface area contributed by atoms with Crippen molar-refractivity contribution in [2.24, 2.45) is 7.05 Å². The Morgan fingerprint density at radius 2 is 0.780 bits per heavy atom. The van der Waals surface area contributed by atoms with Crippen molar-refractivity contribution in [3.8, 4) is 0 Å². The predicted molar refractivity (Wildman–Crippen MR) is 405 cm³/mol. The maximum absolute atomic E-state index is 4.44. The molecule has 11 rings (SSSR count). The number of para-hydroxylation sites is 2. The molecular formula is C81H124N10. The summed E-state index contributed by atoms with van der Waals surface area (Å²) in [6, 6.07) is 45.1. The maximum atomic E-state index is 4.44. The monoisotopic (exact) mass is 1240 g/mol. The predicted octanol–water partition coefficient (Wildman–Crippen LogP) is 23.7. The van der Waals surface area contributed by atoms with Crippen molar-refractivity contribution in [2.45, 2.75) is 215 Å². The molecule has 0 fully saturated rings. The van der Waals surface area contributed by atoms with Crippen molar-refractivity contribution in [2.75, 3.05) is 0 Å². The Labute approximate surface area is 556 Å². The lowest BCUT2D eigenvalue weighted by Gasteiger charge is -2.01. The third-order valence-electron chi connectivity index (χ3n) is 11.0. The van der Waals surface area contributed by atoms with Gasteiger partial charge in [0.2, 0.25) is 0 Å². The van der Waals surface area contributed by atoms with Gasteiger partial charge in [-0.1, -0.05) is 190 Å². The van der Waals surface area contributed by atoms with Gasteiger partial charge in [0.05, 0.1) is 17.2 Å². The highest BCUT2D eigenvalue weighted by atomic mass is 15.2. The molecule has 8 aromatic heterocycles.